The van der Waals surface area contributed by atoms with Crippen LogP contribution in [0, 0.1) is 19.3 Å². The number of rotatable bonds is 3. The van der Waals surface area contributed by atoms with E-state index < -0.39 is 0 Å². The molecule has 0 radical (unpaired) electrons. The molecular formula is C13H13ClN4S. The molecule has 0 fully saturated rings. The second-order valence-corrected chi connectivity index (χ2v) is 5.55. The number of nitrogens with two attached hydrogens (primary N) is 1. The van der Waals surface area contributed by atoms with E-state index >= 15 is 0 Å². The van der Waals surface area contributed by atoms with E-state index in [1.165, 1.54) is 11.8 Å². The monoisotopic (exact) mass is 292 g/mol. The molecule has 19 heavy (non-hydrogen) atoms. The number of hydrogen-bond acceptors (Lipinski definition) is 4. The topological polar surface area (TPSA) is 75.7 Å². The van der Waals surface area contributed by atoms with Crippen LogP contribution in [0.4, 0.5) is 0 Å². The number of amidine groups is 1. The van der Waals surface area contributed by atoms with Crippen LogP contribution in [0.1, 0.15) is 17.0 Å². The molecule has 0 unspecified atom stereocenters. The van der Waals surface area contributed by atoms with Crippen LogP contribution in [0.5, 0.6) is 0 Å². The molecule has 0 aliphatic rings. The molecule has 3 N–H and O–H groups in total. The first-order valence-corrected chi connectivity index (χ1v) is 6.79. The van der Waals surface area contributed by atoms with Gasteiger partial charge in [0, 0.05) is 22.5 Å². The molecule has 2 aromatic heterocycles. The molecule has 0 aromatic carbocycles. The van der Waals surface area contributed by atoms with E-state index in [2.05, 4.69) is 9.97 Å². The van der Waals surface area contributed by atoms with Crippen molar-refractivity contribution in [2.24, 2.45) is 5.73 Å². The van der Waals surface area contributed by atoms with Gasteiger partial charge in [0.2, 0.25) is 0 Å². The lowest BCUT2D eigenvalue weighted by Gasteiger charge is -2.11. The standard InChI is InChI=1S/C13H13ClN4S/c1-7-5-10(12(13(15)16)8(2)18-7)19-11-4-3-9(14)6-17-11/h3-6H,1-2H3,(H3,15,16). The minimum atomic E-state index is 0.0152. The van der Waals surface area contributed by atoms with Gasteiger partial charge in [-0.2, -0.15) is 0 Å². The number of aromatic nitrogens is 2. The molecular weight excluding hydrogens is 280 g/mol. The molecule has 2 aromatic rings. The Morgan fingerprint density at radius 1 is 1.37 bits per heavy atom. The summed E-state index contributed by atoms with van der Waals surface area (Å²) < 4.78 is 0. The number of nitrogen functional groups attached to an aromatic ring is 1. The van der Waals surface area contributed by atoms with Gasteiger partial charge in [-0.25, -0.2) is 4.98 Å². The highest BCUT2D eigenvalue weighted by atomic mass is 35.5. The molecule has 98 valence electrons. The van der Waals surface area contributed by atoms with Crippen molar-refractivity contribution in [3.8, 4) is 0 Å². The van der Waals surface area contributed by atoms with Gasteiger partial charge in [0.15, 0.2) is 0 Å². The van der Waals surface area contributed by atoms with Gasteiger partial charge in [-0.3, -0.25) is 10.4 Å². The van der Waals surface area contributed by atoms with E-state index in [0.29, 0.717) is 10.6 Å². The van der Waals surface area contributed by atoms with Crippen molar-refractivity contribution < 1.29 is 0 Å². The summed E-state index contributed by atoms with van der Waals surface area (Å²) in [5.74, 6) is 0.0152. The third-order valence-electron chi connectivity index (χ3n) is 2.48. The van der Waals surface area contributed by atoms with Crippen molar-refractivity contribution in [1.82, 2.24) is 9.97 Å². The lowest BCUT2D eigenvalue weighted by atomic mass is 10.1. The Balaban J connectivity index is 2.44. The van der Waals surface area contributed by atoms with Gasteiger partial charge in [0.05, 0.1) is 10.6 Å². The summed E-state index contributed by atoms with van der Waals surface area (Å²) in [6, 6.07) is 5.53. The molecule has 0 saturated carbocycles. The number of nitrogens with zero attached hydrogens (tertiary/aromatic N) is 2. The highest BCUT2D eigenvalue weighted by molar-refractivity contribution is 7.99. The second kappa shape index (κ2) is 5.59. The van der Waals surface area contributed by atoms with Gasteiger partial charge in [-0.15, -0.1) is 0 Å². The summed E-state index contributed by atoms with van der Waals surface area (Å²) in [6.07, 6.45) is 1.60. The van der Waals surface area contributed by atoms with Crippen molar-refractivity contribution in [2.75, 3.05) is 0 Å². The molecule has 0 atom stereocenters. The maximum atomic E-state index is 7.67. The average molecular weight is 293 g/mol. The molecule has 2 heterocycles. The Labute approximate surface area is 120 Å². The third-order valence-corrected chi connectivity index (χ3v) is 3.69. The van der Waals surface area contributed by atoms with Crippen molar-refractivity contribution in [1.29, 1.82) is 5.41 Å². The van der Waals surface area contributed by atoms with Crippen LogP contribution in [-0.4, -0.2) is 15.8 Å². The van der Waals surface area contributed by atoms with Crippen molar-refractivity contribution in [3.63, 3.8) is 0 Å². The van der Waals surface area contributed by atoms with Gasteiger partial charge in [-0.1, -0.05) is 23.4 Å². The fourth-order valence-electron chi connectivity index (χ4n) is 1.74. The summed E-state index contributed by atoms with van der Waals surface area (Å²) >= 11 is 7.26. The summed E-state index contributed by atoms with van der Waals surface area (Å²) in [5, 5.41) is 9.07. The Morgan fingerprint density at radius 3 is 2.68 bits per heavy atom. The van der Waals surface area contributed by atoms with Crippen molar-refractivity contribution >= 4 is 29.2 Å². The van der Waals surface area contributed by atoms with E-state index in [1.54, 1.807) is 12.3 Å². The normalized spacial score (nSPS) is 10.5. The van der Waals surface area contributed by atoms with Crippen LogP contribution in [0.25, 0.3) is 0 Å². The molecule has 0 aliphatic carbocycles. The summed E-state index contributed by atoms with van der Waals surface area (Å²) in [5.41, 5.74) is 7.93. The fourth-order valence-corrected chi connectivity index (χ4v) is 2.90. The highest BCUT2D eigenvalue weighted by Gasteiger charge is 2.13. The van der Waals surface area contributed by atoms with Crippen LogP contribution in [0.15, 0.2) is 34.3 Å². The molecule has 4 nitrogen and oxygen atoms in total. The van der Waals surface area contributed by atoms with Gasteiger partial charge in [0.1, 0.15) is 10.9 Å². The van der Waals surface area contributed by atoms with E-state index in [0.717, 1.165) is 21.3 Å². The largest absolute Gasteiger partial charge is 0.384 e. The van der Waals surface area contributed by atoms with Crippen LogP contribution < -0.4 is 5.73 Å². The molecule has 0 aliphatic heterocycles. The fraction of sp³-hybridized carbons (Fsp3) is 0.154. The van der Waals surface area contributed by atoms with E-state index in [4.69, 9.17) is 22.7 Å². The molecule has 6 heteroatoms. The smallest absolute Gasteiger partial charge is 0.125 e. The number of pyridine rings is 2. The Kier molecular flexibility index (Phi) is 4.07. The number of halogens is 1. The van der Waals surface area contributed by atoms with E-state index in [-0.39, 0.29) is 5.84 Å². The van der Waals surface area contributed by atoms with Gasteiger partial charge >= 0.3 is 0 Å². The van der Waals surface area contributed by atoms with Crippen LogP contribution in [-0.2, 0) is 0 Å². The zero-order valence-electron chi connectivity index (χ0n) is 10.6. The van der Waals surface area contributed by atoms with Crippen LogP contribution in [0.3, 0.4) is 0 Å². The highest BCUT2D eigenvalue weighted by Crippen LogP contribution is 2.31. The van der Waals surface area contributed by atoms with Crippen LogP contribution in [0.2, 0.25) is 5.02 Å². The predicted octanol–water partition coefficient (Wildman–Crippen LogP) is 3.18. The molecule has 2 rings (SSSR count). The summed E-state index contributed by atoms with van der Waals surface area (Å²) in [6.45, 7) is 3.76. The third kappa shape index (κ3) is 3.24. The Hall–Kier alpha value is -1.59. The number of nitrogens with one attached hydrogen (secondary N) is 1. The van der Waals surface area contributed by atoms with Crippen molar-refractivity contribution in [2.45, 2.75) is 23.8 Å². The second-order valence-electron chi connectivity index (χ2n) is 4.05. The quantitative estimate of drug-likeness (QED) is 0.673. The van der Waals surface area contributed by atoms with Crippen LogP contribution >= 0.6 is 23.4 Å². The lowest BCUT2D eigenvalue weighted by Crippen LogP contribution is -2.15. The van der Waals surface area contributed by atoms with Gasteiger partial charge in [0.25, 0.3) is 0 Å². The predicted molar refractivity (Wildman–Crippen MR) is 78.1 cm³/mol. The average Bonchev–Trinajstić information content (AvgIpc) is 2.30. The Bertz CT molecular complexity index is 625. The first-order chi connectivity index (χ1) is 8.97. The first kappa shape index (κ1) is 13.8. The minimum absolute atomic E-state index is 0.0152. The zero-order chi connectivity index (χ0) is 14.0. The van der Waals surface area contributed by atoms with Crippen molar-refractivity contribution in [3.05, 3.63) is 46.4 Å². The molecule has 0 saturated heterocycles. The molecule has 0 spiro atoms. The summed E-state index contributed by atoms with van der Waals surface area (Å²) in [4.78, 5) is 9.45. The maximum Gasteiger partial charge on any atom is 0.125 e. The number of aryl methyl sites for hydroxylation is 2. The lowest BCUT2D eigenvalue weighted by molar-refractivity contribution is 1.06. The number of hydrogen-bond donors (Lipinski definition) is 2. The van der Waals surface area contributed by atoms with E-state index in [9.17, 15) is 0 Å². The zero-order valence-corrected chi connectivity index (χ0v) is 12.1. The SMILES string of the molecule is Cc1cc(Sc2ccc(Cl)cn2)c(C(=N)N)c(C)n1. The molecule has 0 amide bonds. The van der Waals surface area contributed by atoms with Gasteiger partial charge in [-0.05, 0) is 32.0 Å². The Morgan fingerprint density at radius 2 is 2.11 bits per heavy atom. The summed E-state index contributed by atoms with van der Waals surface area (Å²) in [7, 11) is 0. The van der Waals surface area contributed by atoms with E-state index in [1.807, 2.05) is 26.0 Å². The maximum absolute atomic E-state index is 7.67. The first-order valence-electron chi connectivity index (χ1n) is 5.59. The van der Waals surface area contributed by atoms with Gasteiger partial charge < -0.3 is 5.73 Å². The minimum Gasteiger partial charge on any atom is -0.384 e. The molecule has 0 bridgehead atoms.